The minimum absolute atomic E-state index is 0.127. The first kappa shape index (κ1) is 34.6. The molecule has 262 valence electrons. The van der Waals surface area contributed by atoms with E-state index >= 15 is 0 Å². The van der Waals surface area contributed by atoms with Crippen LogP contribution in [0.15, 0.2) is 52.9 Å². The summed E-state index contributed by atoms with van der Waals surface area (Å²) >= 11 is 1.66. The molecule has 5 aromatic rings. The lowest BCUT2D eigenvalue weighted by atomic mass is 9.90. The molecule has 1 unspecified atom stereocenters. The topological polar surface area (TPSA) is 127 Å². The molecule has 51 heavy (non-hydrogen) atoms. The molecule has 1 atom stereocenters. The fraction of sp³-hybridized carbons (Fsp3) is 0.375. The van der Waals surface area contributed by atoms with Gasteiger partial charge in [0.15, 0.2) is 5.58 Å². The number of thiazole rings is 1. The second kappa shape index (κ2) is 13.3. The van der Waals surface area contributed by atoms with Crippen LogP contribution in [0.5, 0.6) is 0 Å². The lowest BCUT2D eigenvalue weighted by molar-refractivity contribution is -0.147. The van der Waals surface area contributed by atoms with Crippen molar-refractivity contribution in [2.45, 2.75) is 66.7 Å². The Morgan fingerprint density at radius 1 is 1.06 bits per heavy atom. The van der Waals surface area contributed by atoms with Gasteiger partial charge in [-0.25, -0.2) is 9.97 Å². The van der Waals surface area contributed by atoms with Crippen LogP contribution >= 0.6 is 11.3 Å². The number of carbonyl (C=O) groups excluding carboxylic acids is 1. The Balaban J connectivity index is 1.15. The van der Waals surface area contributed by atoms with Crippen molar-refractivity contribution in [3.8, 4) is 39.2 Å². The maximum atomic E-state index is 12.9. The number of nitrogens with zero attached hydrogens (tertiary/aromatic N) is 6. The van der Waals surface area contributed by atoms with E-state index in [1.807, 2.05) is 36.2 Å². The van der Waals surface area contributed by atoms with Crippen LogP contribution in [0.4, 0.5) is 0 Å². The molecule has 10 nitrogen and oxygen atoms in total. The molecule has 7 rings (SSSR count). The number of benzene rings is 3. The second-order valence-electron chi connectivity index (χ2n) is 14.6. The van der Waals surface area contributed by atoms with Crippen LogP contribution in [0.1, 0.15) is 60.0 Å². The van der Waals surface area contributed by atoms with Crippen LogP contribution in [0.3, 0.4) is 0 Å². The molecule has 1 amide bonds. The van der Waals surface area contributed by atoms with Crippen molar-refractivity contribution < 1.29 is 19.1 Å². The number of aliphatic carboxylic acids is 1. The van der Waals surface area contributed by atoms with Gasteiger partial charge in [-0.15, -0.1) is 11.3 Å². The zero-order chi connectivity index (χ0) is 36.2. The lowest BCUT2D eigenvalue weighted by Gasteiger charge is -2.23. The molecule has 2 aliphatic rings. The Hall–Kier alpha value is -4.89. The van der Waals surface area contributed by atoms with E-state index in [1.165, 1.54) is 0 Å². The van der Waals surface area contributed by atoms with Crippen LogP contribution < -0.4 is 0 Å². The predicted octanol–water partition coefficient (Wildman–Crippen LogP) is 7.25. The van der Waals surface area contributed by atoms with Crippen LogP contribution in [0.2, 0.25) is 0 Å². The number of carboxylic acids is 1. The molecular weight excluding hydrogens is 661 g/mol. The minimum Gasteiger partial charge on any atom is -0.481 e. The first-order valence-electron chi connectivity index (χ1n) is 17.3. The molecule has 1 saturated heterocycles. The van der Waals surface area contributed by atoms with Crippen LogP contribution in [-0.2, 0) is 29.2 Å². The molecular formula is C40H42N6O4S. The maximum Gasteiger partial charge on any atom is 0.310 e. The summed E-state index contributed by atoms with van der Waals surface area (Å²) in [5.74, 6) is -0.208. The summed E-state index contributed by atoms with van der Waals surface area (Å²) in [4.78, 5) is 41.8. The number of hydrogen-bond donors (Lipinski definition) is 1. The van der Waals surface area contributed by atoms with Crippen molar-refractivity contribution in [2.75, 3.05) is 26.7 Å². The van der Waals surface area contributed by atoms with Crippen LogP contribution in [0, 0.1) is 30.6 Å². The summed E-state index contributed by atoms with van der Waals surface area (Å²) in [6, 6.07) is 18.7. The number of amides is 1. The smallest absolute Gasteiger partial charge is 0.310 e. The summed E-state index contributed by atoms with van der Waals surface area (Å²) in [6.07, 6.45) is 0.589. The van der Waals surface area contributed by atoms with E-state index in [9.17, 15) is 20.0 Å². The van der Waals surface area contributed by atoms with Crippen molar-refractivity contribution in [1.82, 2.24) is 24.7 Å². The average molecular weight is 703 g/mol. The average Bonchev–Trinajstić information content (AvgIpc) is 3.88. The Morgan fingerprint density at radius 3 is 2.39 bits per heavy atom. The number of fused-ring (bicyclic) bond motifs is 2. The van der Waals surface area contributed by atoms with Gasteiger partial charge in [0.25, 0.3) is 0 Å². The highest BCUT2D eigenvalue weighted by Crippen LogP contribution is 2.40. The number of carboxylic acid groups (broad SMARTS) is 1. The van der Waals surface area contributed by atoms with E-state index in [2.05, 4.69) is 67.8 Å². The van der Waals surface area contributed by atoms with Crippen molar-refractivity contribution in [2.24, 2.45) is 5.41 Å². The number of likely N-dealkylation sites (N-methyl/N-ethyl adjacent to an activating group) is 1. The quantitative estimate of drug-likeness (QED) is 0.169. The molecule has 0 bridgehead atoms. The van der Waals surface area contributed by atoms with E-state index < -0.39 is 11.4 Å². The molecule has 11 heteroatoms. The molecule has 1 N–H and O–H groups in total. The van der Waals surface area contributed by atoms with Crippen molar-refractivity contribution in [3.05, 3.63) is 81.4 Å². The molecule has 0 aliphatic carbocycles. The number of carbonyl (C=O) groups is 2. The summed E-state index contributed by atoms with van der Waals surface area (Å²) in [5.41, 5.74) is 8.76. The summed E-state index contributed by atoms with van der Waals surface area (Å²) < 4.78 is 6.29. The van der Waals surface area contributed by atoms with Gasteiger partial charge in [0.05, 0.1) is 36.3 Å². The third-order valence-electron chi connectivity index (χ3n) is 10.6. The normalized spacial score (nSPS) is 17.5. The van der Waals surface area contributed by atoms with Gasteiger partial charge in [-0.3, -0.25) is 19.4 Å². The third-order valence-corrected chi connectivity index (χ3v) is 11.8. The van der Waals surface area contributed by atoms with Crippen LogP contribution in [-0.4, -0.2) is 74.4 Å². The molecule has 2 aliphatic heterocycles. The van der Waals surface area contributed by atoms with Gasteiger partial charge in [0.2, 0.25) is 11.8 Å². The molecule has 0 radical (unpaired) electrons. The van der Waals surface area contributed by atoms with E-state index in [0.717, 1.165) is 54.5 Å². The second-order valence-corrected chi connectivity index (χ2v) is 15.6. The summed E-state index contributed by atoms with van der Waals surface area (Å²) in [6.45, 7) is 13.4. The largest absolute Gasteiger partial charge is 0.481 e. The minimum atomic E-state index is -0.781. The number of aromatic nitrogens is 2. The highest BCUT2D eigenvalue weighted by molar-refractivity contribution is 7.15. The number of oxazole rings is 1. The molecule has 0 spiro atoms. The van der Waals surface area contributed by atoms with E-state index in [4.69, 9.17) is 14.4 Å². The fourth-order valence-electron chi connectivity index (χ4n) is 7.15. The molecule has 2 aromatic heterocycles. The van der Waals surface area contributed by atoms with Gasteiger partial charge >= 0.3 is 5.97 Å². The van der Waals surface area contributed by atoms with Gasteiger partial charge in [0.1, 0.15) is 16.6 Å². The number of hydrogen-bond acceptors (Lipinski definition) is 9. The monoisotopic (exact) mass is 702 g/mol. The zero-order valence-electron chi connectivity index (χ0n) is 29.9. The van der Waals surface area contributed by atoms with E-state index in [-0.39, 0.29) is 5.91 Å². The first-order valence-corrected chi connectivity index (χ1v) is 18.1. The van der Waals surface area contributed by atoms with Gasteiger partial charge in [-0.05, 0) is 101 Å². The number of nitriles is 1. The Labute approximate surface area is 302 Å². The molecule has 0 saturated carbocycles. The zero-order valence-corrected chi connectivity index (χ0v) is 30.7. The Bertz CT molecular complexity index is 2210. The first-order chi connectivity index (χ1) is 24.3. The molecule has 3 aromatic carbocycles. The number of rotatable bonds is 9. The highest BCUT2D eigenvalue weighted by Gasteiger charge is 2.40. The van der Waals surface area contributed by atoms with Crippen molar-refractivity contribution >= 4 is 34.3 Å². The standard InChI is InChI=1S/C40H42N6O4S/c1-23(2)44(6)21-35(47)46-19-33-34(20-46)51-38(43-33)31-12-8-10-29(25(31)4)28-9-7-11-30(24(28)3)37-42-32-16-26(15-27(17-41)36(32)50-37)18-45-14-13-40(5,22-45)39(48)49/h7-12,15-16,23H,13-14,18-22H2,1-6H3,(H,48,49). The van der Waals surface area contributed by atoms with Gasteiger partial charge in [-0.2, -0.15) is 5.26 Å². The van der Waals surface area contributed by atoms with E-state index in [0.29, 0.717) is 74.3 Å². The van der Waals surface area contributed by atoms with E-state index in [1.54, 1.807) is 18.3 Å². The Kier molecular flexibility index (Phi) is 9.04. The van der Waals surface area contributed by atoms with Gasteiger partial charge in [0, 0.05) is 35.1 Å². The van der Waals surface area contributed by atoms with Crippen molar-refractivity contribution in [1.29, 1.82) is 5.26 Å². The van der Waals surface area contributed by atoms with Crippen LogP contribution in [0.25, 0.3) is 44.3 Å². The Morgan fingerprint density at radius 2 is 1.75 bits per heavy atom. The summed E-state index contributed by atoms with van der Waals surface area (Å²) in [7, 11) is 1.98. The van der Waals surface area contributed by atoms with Gasteiger partial charge in [-0.1, -0.05) is 30.3 Å². The molecule has 4 heterocycles. The lowest BCUT2D eigenvalue weighted by Crippen LogP contribution is -2.38. The SMILES string of the molecule is Cc1c(-c2nc3cc(CN4CCC(C)(C(=O)O)C4)cc(C#N)c3o2)cccc1-c1cccc(-c2nc3c(s2)CN(C(=O)CN(C)C(C)C)C3)c1C. The fourth-order valence-corrected chi connectivity index (χ4v) is 8.32. The van der Waals surface area contributed by atoms with Crippen molar-refractivity contribution in [3.63, 3.8) is 0 Å². The predicted molar refractivity (Wildman–Crippen MR) is 198 cm³/mol. The third kappa shape index (κ3) is 6.44. The molecule has 1 fully saturated rings. The maximum absolute atomic E-state index is 12.9. The summed E-state index contributed by atoms with van der Waals surface area (Å²) in [5, 5.41) is 20.6. The number of likely N-dealkylation sites (tertiary alicyclic amines) is 1. The van der Waals surface area contributed by atoms with Gasteiger partial charge < -0.3 is 14.4 Å². The highest BCUT2D eigenvalue weighted by atomic mass is 32.1.